The molecule has 0 unspecified atom stereocenters. The average molecular weight is 449 g/mol. The lowest BCUT2D eigenvalue weighted by molar-refractivity contribution is 0.217. The maximum absolute atomic E-state index is 13.4. The minimum atomic E-state index is -0.278. The van der Waals surface area contributed by atoms with Gasteiger partial charge in [0.05, 0.1) is 12.1 Å². The summed E-state index contributed by atoms with van der Waals surface area (Å²) in [5.41, 5.74) is 3.18. The predicted octanol–water partition coefficient (Wildman–Crippen LogP) is 4.31. The monoisotopic (exact) mass is 448 g/mol. The number of nitrogens with zero attached hydrogens (tertiary/aromatic N) is 5. The van der Waals surface area contributed by atoms with Crippen molar-refractivity contribution in [2.75, 3.05) is 0 Å². The number of fused-ring (bicyclic) bond motifs is 1. The minimum absolute atomic E-state index is 0.121. The van der Waals surface area contributed by atoms with Gasteiger partial charge in [-0.05, 0) is 78.9 Å². The second-order valence-electron chi connectivity index (χ2n) is 9.16. The molecule has 0 aliphatic carbocycles. The van der Waals surface area contributed by atoms with E-state index in [0.29, 0.717) is 25.2 Å². The third-order valence-corrected chi connectivity index (χ3v) is 6.13. The highest BCUT2D eigenvalue weighted by Crippen LogP contribution is 2.21. The normalized spacial score (nSPS) is 12.1. The molecule has 2 aromatic heterocycles. The number of pyridine rings is 1. The van der Waals surface area contributed by atoms with Crippen molar-refractivity contribution in [3.05, 3.63) is 87.2 Å². The predicted molar refractivity (Wildman–Crippen MR) is 126 cm³/mol. The molecule has 0 aliphatic rings. The molecule has 8 heteroatoms. The number of nitrogens with one attached hydrogen (secondary N) is 1. The van der Waals surface area contributed by atoms with Crippen LogP contribution in [0.1, 0.15) is 49.7 Å². The second kappa shape index (κ2) is 9.23. The van der Waals surface area contributed by atoms with Gasteiger partial charge in [0, 0.05) is 24.2 Å². The van der Waals surface area contributed by atoms with Gasteiger partial charge in [0.15, 0.2) is 5.82 Å². The van der Waals surface area contributed by atoms with Gasteiger partial charge in [-0.1, -0.05) is 30.7 Å². The molecule has 1 N–H and O–H groups in total. The molecule has 0 atom stereocenters. The molecule has 0 aliphatic heterocycles. The fraction of sp³-hybridized carbons (Fsp3) is 0.360. The molecular weight excluding hydrogens is 419 g/mol. The molecule has 0 radical (unpaired) electrons. The van der Waals surface area contributed by atoms with Crippen LogP contribution in [0, 0.1) is 12.7 Å². The van der Waals surface area contributed by atoms with Crippen molar-refractivity contribution in [1.82, 2.24) is 30.1 Å². The van der Waals surface area contributed by atoms with Gasteiger partial charge in [0.25, 0.3) is 5.56 Å². The Morgan fingerprint density at radius 1 is 1.06 bits per heavy atom. The fourth-order valence-corrected chi connectivity index (χ4v) is 3.87. The van der Waals surface area contributed by atoms with Crippen LogP contribution in [-0.2, 0) is 25.2 Å². The number of rotatable bonds is 8. The first-order chi connectivity index (χ1) is 15.7. The zero-order valence-corrected chi connectivity index (χ0v) is 19.5. The molecule has 0 amide bonds. The average Bonchev–Trinajstić information content (AvgIpc) is 3.25. The smallest absolute Gasteiger partial charge is 0.252 e. The summed E-state index contributed by atoms with van der Waals surface area (Å²) in [5.74, 6) is 0.442. The largest absolute Gasteiger partial charge is 0.322 e. The van der Waals surface area contributed by atoms with Crippen LogP contribution in [0.2, 0.25) is 0 Å². The van der Waals surface area contributed by atoms with Gasteiger partial charge in [0.2, 0.25) is 0 Å². The third-order valence-electron chi connectivity index (χ3n) is 6.13. The Morgan fingerprint density at radius 2 is 1.82 bits per heavy atom. The number of halogens is 1. The van der Waals surface area contributed by atoms with Crippen LogP contribution in [0.25, 0.3) is 10.9 Å². The Balaban J connectivity index is 1.68. The zero-order chi connectivity index (χ0) is 23.6. The van der Waals surface area contributed by atoms with Crippen molar-refractivity contribution >= 4 is 10.9 Å². The minimum Gasteiger partial charge on any atom is -0.322 e. The highest BCUT2D eigenvalue weighted by atomic mass is 19.1. The van der Waals surface area contributed by atoms with E-state index in [0.717, 1.165) is 34.3 Å². The van der Waals surface area contributed by atoms with Crippen molar-refractivity contribution < 1.29 is 4.39 Å². The lowest BCUT2D eigenvalue weighted by atomic mass is 10.0. The van der Waals surface area contributed by atoms with Gasteiger partial charge in [0.1, 0.15) is 5.82 Å². The molecule has 4 rings (SSSR count). The quantitative estimate of drug-likeness (QED) is 0.435. The maximum atomic E-state index is 13.4. The third kappa shape index (κ3) is 5.17. The molecule has 0 bridgehead atoms. The van der Waals surface area contributed by atoms with E-state index >= 15 is 0 Å². The fourth-order valence-electron chi connectivity index (χ4n) is 3.87. The molecule has 4 aromatic rings. The first-order valence-electron chi connectivity index (χ1n) is 11.1. The summed E-state index contributed by atoms with van der Waals surface area (Å²) in [4.78, 5) is 17.9. The molecular formula is C25H29FN6O. The highest BCUT2D eigenvalue weighted by Gasteiger charge is 2.25. The van der Waals surface area contributed by atoms with E-state index in [4.69, 9.17) is 0 Å². The van der Waals surface area contributed by atoms with Crippen LogP contribution in [0.3, 0.4) is 0 Å². The lowest BCUT2D eigenvalue weighted by Gasteiger charge is -2.27. The van der Waals surface area contributed by atoms with Crippen LogP contribution in [0.15, 0.2) is 53.3 Å². The summed E-state index contributed by atoms with van der Waals surface area (Å²) in [7, 11) is 0. The molecule has 0 spiro atoms. The number of hydrogen-bond donors (Lipinski definition) is 1. The van der Waals surface area contributed by atoms with E-state index in [9.17, 15) is 9.18 Å². The van der Waals surface area contributed by atoms with Gasteiger partial charge >= 0.3 is 0 Å². The van der Waals surface area contributed by atoms with Crippen LogP contribution in [-0.4, -0.2) is 30.1 Å². The van der Waals surface area contributed by atoms with Crippen molar-refractivity contribution in [3.63, 3.8) is 0 Å². The van der Waals surface area contributed by atoms with Crippen LogP contribution in [0.4, 0.5) is 4.39 Å². The topological polar surface area (TPSA) is 79.7 Å². The Labute approximate surface area is 192 Å². The van der Waals surface area contributed by atoms with Gasteiger partial charge in [-0.3, -0.25) is 9.69 Å². The van der Waals surface area contributed by atoms with Crippen molar-refractivity contribution in [1.29, 1.82) is 0 Å². The van der Waals surface area contributed by atoms with Crippen LogP contribution in [0.5, 0.6) is 0 Å². The van der Waals surface area contributed by atoms with E-state index in [2.05, 4.69) is 52.2 Å². The van der Waals surface area contributed by atoms with Gasteiger partial charge in [-0.25, -0.2) is 9.07 Å². The van der Waals surface area contributed by atoms with E-state index < -0.39 is 0 Å². The van der Waals surface area contributed by atoms with E-state index in [1.54, 1.807) is 12.1 Å². The summed E-state index contributed by atoms with van der Waals surface area (Å²) in [6, 6.07) is 14.3. The molecule has 33 heavy (non-hydrogen) atoms. The van der Waals surface area contributed by atoms with Gasteiger partial charge in [-0.15, -0.1) is 5.10 Å². The number of aromatic nitrogens is 5. The standard InChI is InChI=1S/C25H29FN6O/c1-5-25(3,4)32-23(28-29-30-32)16-31(14-18-7-9-21(26)10-8-18)15-20-13-19-12-17(2)6-11-22(19)27-24(20)33/h6-13H,5,14-16H2,1-4H3,(H,27,33). The Hall–Kier alpha value is -3.39. The first kappa shape index (κ1) is 22.8. The number of hydrogen-bond acceptors (Lipinski definition) is 5. The van der Waals surface area contributed by atoms with Crippen molar-refractivity contribution in [2.45, 2.75) is 59.3 Å². The number of aryl methyl sites for hydroxylation is 1. The Morgan fingerprint density at radius 3 is 2.55 bits per heavy atom. The maximum Gasteiger partial charge on any atom is 0.252 e. The lowest BCUT2D eigenvalue weighted by Crippen LogP contribution is -2.32. The van der Waals surface area contributed by atoms with Crippen molar-refractivity contribution in [2.24, 2.45) is 0 Å². The van der Waals surface area contributed by atoms with Gasteiger partial charge in [-0.2, -0.15) is 0 Å². The summed E-state index contributed by atoms with van der Waals surface area (Å²) in [6.45, 7) is 9.67. The van der Waals surface area contributed by atoms with E-state index in [1.807, 2.05) is 29.8 Å². The number of H-pyrrole nitrogens is 1. The number of aromatic amines is 1. The number of tetrazole rings is 1. The van der Waals surface area contributed by atoms with E-state index in [1.165, 1.54) is 12.1 Å². The molecule has 172 valence electrons. The molecule has 7 nitrogen and oxygen atoms in total. The summed E-state index contributed by atoms with van der Waals surface area (Å²) in [6.07, 6.45) is 0.868. The second-order valence-corrected chi connectivity index (χ2v) is 9.16. The molecule has 0 saturated heterocycles. The van der Waals surface area contributed by atoms with E-state index in [-0.39, 0.29) is 16.9 Å². The van der Waals surface area contributed by atoms with Crippen LogP contribution < -0.4 is 5.56 Å². The van der Waals surface area contributed by atoms with Gasteiger partial charge < -0.3 is 4.98 Å². The van der Waals surface area contributed by atoms with Crippen LogP contribution >= 0.6 is 0 Å². The molecule has 2 aromatic carbocycles. The molecule has 2 heterocycles. The number of benzene rings is 2. The summed E-state index contributed by atoms with van der Waals surface area (Å²) in [5, 5.41) is 13.4. The summed E-state index contributed by atoms with van der Waals surface area (Å²) < 4.78 is 15.3. The molecule has 0 saturated carbocycles. The first-order valence-corrected chi connectivity index (χ1v) is 11.1. The summed E-state index contributed by atoms with van der Waals surface area (Å²) >= 11 is 0. The zero-order valence-electron chi connectivity index (χ0n) is 19.5. The highest BCUT2D eigenvalue weighted by molar-refractivity contribution is 5.79. The Bertz CT molecular complexity index is 1310. The van der Waals surface area contributed by atoms with Crippen molar-refractivity contribution in [3.8, 4) is 0 Å². The molecule has 0 fully saturated rings. The Kier molecular flexibility index (Phi) is 6.37. The SMILES string of the molecule is CCC(C)(C)n1nnnc1CN(Cc1ccc(F)cc1)Cc1cc2cc(C)ccc2[nH]c1=O.